The van der Waals surface area contributed by atoms with Crippen LogP contribution >= 0.6 is 0 Å². The number of aliphatic carboxylic acids is 1. The van der Waals surface area contributed by atoms with Gasteiger partial charge in [-0.2, -0.15) is 5.10 Å². The van der Waals surface area contributed by atoms with Crippen molar-refractivity contribution in [1.82, 2.24) is 5.43 Å². The van der Waals surface area contributed by atoms with Crippen molar-refractivity contribution in [3.05, 3.63) is 23.8 Å². The molecule has 0 aromatic carbocycles. The third-order valence-electron chi connectivity index (χ3n) is 2.04. The molecule has 4 heteroatoms. The molecule has 1 aliphatic heterocycles. The van der Waals surface area contributed by atoms with Gasteiger partial charge in [0.25, 0.3) is 0 Å². The Morgan fingerprint density at radius 1 is 1.67 bits per heavy atom. The van der Waals surface area contributed by atoms with Crippen LogP contribution in [0.25, 0.3) is 0 Å². The Morgan fingerprint density at radius 2 is 2.50 bits per heavy atom. The summed E-state index contributed by atoms with van der Waals surface area (Å²) in [7, 11) is 0. The number of allylic oxidation sites excluding steroid dienone is 2. The van der Waals surface area contributed by atoms with E-state index in [-0.39, 0.29) is 12.0 Å². The standard InChI is InChI=1S/C8H8N2O2/c11-8(12)6-3-1-2-5-4-9-10-7(5)6/h1-5,7,10H,(H,11,12). The molecular formula is C8H8N2O2. The maximum atomic E-state index is 10.7. The molecule has 2 N–H and O–H groups in total. The van der Waals surface area contributed by atoms with Crippen LogP contribution in [0.4, 0.5) is 0 Å². The monoisotopic (exact) mass is 164 g/mol. The van der Waals surface area contributed by atoms with E-state index in [2.05, 4.69) is 10.5 Å². The fraction of sp³-hybridized carbons (Fsp3) is 0.250. The maximum absolute atomic E-state index is 10.7. The van der Waals surface area contributed by atoms with Crippen molar-refractivity contribution in [2.24, 2.45) is 11.0 Å². The molecule has 2 rings (SSSR count). The van der Waals surface area contributed by atoms with Crippen molar-refractivity contribution in [3.63, 3.8) is 0 Å². The Bertz CT molecular complexity index is 304. The number of nitrogens with one attached hydrogen (secondary N) is 1. The lowest BCUT2D eigenvalue weighted by Crippen LogP contribution is -2.33. The molecule has 0 radical (unpaired) electrons. The van der Waals surface area contributed by atoms with Gasteiger partial charge in [0.05, 0.1) is 11.6 Å². The first kappa shape index (κ1) is 7.09. The van der Waals surface area contributed by atoms with Crippen LogP contribution in [-0.4, -0.2) is 23.3 Å². The van der Waals surface area contributed by atoms with Crippen LogP contribution in [-0.2, 0) is 4.79 Å². The van der Waals surface area contributed by atoms with Gasteiger partial charge in [-0.25, -0.2) is 4.79 Å². The Morgan fingerprint density at radius 3 is 3.25 bits per heavy atom. The van der Waals surface area contributed by atoms with E-state index in [1.165, 1.54) is 0 Å². The van der Waals surface area contributed by atoms with Crippen LogP contribution in [0.15, 0.2) is 28.9 Å². The number of carboxylic acids is 1. The highest BCUT2D eigenvalue weighted by Gasteiger charge is 2.30. The zero-order valence-electron chi connectivity index (χ0n) is 6.27. The molecule has 0 saturated heterocycles. The molecule has 2 unspecified atom stereocenters. The van der Waals surface area contributed by atoms with E-state index in [9.17, 15) is 4.79 Å². The first-order chi connectivity index (χ1) is 5.79. The molecule has 4 nitrogen and oxygen atoms in total. The highest BCUT2D eigenvalue weighted by molar-refractivity contribution is 5.90. The Labute approximate surface area is 69.3 Å². The molecule has 1 heterocycles. The van der Waals surface area contributed by atoms with Gasteiger partial charge in [0.2, 0.25) is 0 Å². The lowest BCUT2D eigenvalue weighted by molar-refractivity contribution is -0.133. The number of hydrazone groups is 1. The summed E-state index contributed by atoms with van der Waals surface area (Å²) < 4.78 is 0. The number of hydrogen-bond acceptors (Lipinski definition) is 3. The van der Waals surface area contributed by atoms with Gasteiger partial charge < -0.3 is 10.5 Å². The molecule has 0 aromatic rings. The molecule has 0 bridgehead atoms. The molecule has 12 heavy (non-hydrogen) atoms. The summed E-state index contributed by atoms with van der Waals surface area (Å²) in [4.78, 5) is 10.7. The van der Waals surface area contributed by atoms with Crippen LogP contribution < -0.4 is 5.43 Å². The second-order valence-electron chi connectivity index (χ2n) is 2.77. The quantitative estimate of drug-likeness (QED) is 0.579. The Hall–Kier alpha value is -1.58. The van der Waals surface area contributed by atoms with Crippen LogP contribution in [0.1, 0.15) is 0 Å². The van der Waals surface area contributed by atoms with Gasteiger partial charge >= 0.3 is 5.97 Å². The van der Waals surface area contributed by atoms with Crippen LogP contribution in [0.3, 0.4) is 0 Å². The van der Waals surface area contributed by atoms with Crippen LogP contribution in [0, 0.1) is 5.92 Å². The fourth-order valence-corrected chi connectivity index (χ4v) is 1.41. The molecule has 1 aliphatic carbocycles. The van der Waals surface area contributed by atoms with Crippen LogP contribution in [0.2, 0.25) is 0 Å². The normalized spacial score (nSPS) is 30.8. The summed E-state index contributed by atoms with van der Waals surface area (Å²) in [6.45, 7) is 0. The first-order valence-electron chi connectivity index (χ1n) is 3.69. The third kappa shape index (κ3) is 0.922. The largest absolute Gasteiger partial charge is 0.478 e. The third-order valence-corrected chi connectivity index (χ3v) is 2.04. The van der Waals surface area contributed by atoms with Crippen molar-refractivity contribution in [1.29, 1.82) is 0 Å². The summed E-state index contributed by atoms with van der Waals surface area (Å²) in [6, 6.07) is -0.174. The number of fused-ring (bicyclic) bond motifs is 1. The molecule has 2 aliphatic rings. The Kier molecular flexibility index (Phi) is 1.46. The summed E-state index contributed by atoms with van der Waals surface area (Å²) >= 11 is 0. The number of carbonyl (C=O) groups is 1. The van der Waals surface area contributed by atoms with Gasteiger partial charge in [0.15, 0.2) is 0 Å². The van der Waals surface area contributed by atoms with E-state index in [0.717, 1.165) is 0 Å². The average molecular weight is 164 g/mol. The highest BCUT2D eigenvalue weighted by atomic mass is 16.4. The van der Waals surface area contributed by atoms with E-state index < -0.39 is 5.97 Å². The summed E-state index contributed by atoms with van der Waals surface area (Å²) in [5.74, 6) is -0.784. The molecule has 2 atom stereocenters. The number of carboxylic acid groups (broad SMARTS) is 1. The van der Waals surface area contributed by atoms with Crippen molar-refractivity contribution in [2.45, 2.75) is 6.04 Å². The molecule has 0 saturated carbocycles. The van der Waals surface area contributed by atoms with Gasteiger partial charge in [-0.15, -0.1) is 0 Å². The predicted octanol–water partition coefficient (Wildman–Crippen LogP) is 0.141. The minimum Gasteiger partial charge on any atom is -0.478 e. The van der Waals surface area contributed by atoms with Gasteiger partial charge in [0.1, 0.15) is 0 Å². The average Bonchev–Trinajstić information content (AvgIpc) is 2.49. The van der Waals surface area contributed by atoms with Crippen molar-refractivity contribution >= 4 is 12.2 Å². The number of rotatable bonds is 1. The molecular weight excluding hydrogens is 156 g/mol. The lowest BCUT2D eigenvalue weighted by atomic mass is 9.91. The highest BCUT2D eigenvalue weighted by Crippen LogP contribution is 2.21. The maximum Gasteiger partial charge on any atom is 0.333 e. The molecule has 62 valence electrons. The minimum absolute atomic E-state index is 0.0982. The van der Waals surface area contributed by atoms with Crippen molar-refractivity contribution in [3.8, 4) is 0 Å². The fourth-order valence-electron chi connectivity index (χ4n) is 1.41. The minimum atomic E-state index is -0.882. The van der Waals surface area contributed by atoms with E-state index in [1.807, 2.05) is 6.08 Å². The van der Waals surface area contributed by atoms with E-state index in [1.54, 1.807) is 18.4 Å². The van der Waals surface area contributed by atoms with Gasteiger partial charge in [-0.3, -0.25) is 0 Å². The van der Waals surface area contributed by atoms with Gasteiger partial charge in [-0.1, -0.05) is 12.2 Å². The predicted molar refractivity (Wildman–Crippen MR) is 43.8 cm³/mol. The number of hydrogen-bond donors (Lipinski definition) is 2. The second-order valence-corrected chi connectivity index (χ2v) is 2.77. The number of nitrogens with zero attached hydrogens (tertiary/aromatic N) is 1. The topological polar surface area (TPSA) is 61.7 Å². The van der Waals surface area contributed by atoms with Crippen LogP contribution in [0.5, 0.6) is 0 Å². The summed E-state index contributed by atoms with van der Waals surface area (Å²) in [6.07, 6.45) is 7.01. The molecule has 0 fully saturated rings. The zero-order valence-corrected chi connectivity index (χ0v) is 6.27. The molecule has 0 aromatic heterocycles. The van der Waals surface area contributed by atoms with Gasteiger partial charge in [0, 0.05) is 12.1 Å². The first-order valence-corrected chi connectivity index (χ1v) is 3.69. The molecule has 0 spiro atoms. The van der Waals surface area contributed by atoms with E-state index in [4.69, 9.17) is 5.11 Å². The summed E-state index contributed by atoms with van der Waals surface area (Å²) in [5, 5.41) is 12.6. The lowest BCUT2D eigenvalue weighted by Gasteiger charge is -2.18. The second kappa shape index (κ2) is 2.48. The zero-order chi connectivity index (χ0) is 8.55. The van der Waals surface area contributed by atoms with E-state index >= 15 is 0 Å². The van der Waals surface area contributed by atoms with E-state index in [0.29, 0.717) is 5.57 Å². The van der Waals surface area contributed by atoms with Crippen molar-refractivity contribution in [2.75, 3.05) is 0 Å². The molecule has 0 amide bonds. The van der Waals surface area contributed by atoms with Crippen molar-refractivity contribution < 1.29 is 9.90 Å². The Balaban J connectivity index is 2.30. The smallest absolute Gasteiger partial charge is 0.333 e. The summed E-state index contributed by atoms with van der Waals surface area (Å²) in [5.41, 5.74) is 3.13. The SMILES string of the molecule is O=C(O)C1=CC=CC2C=NNC12. The van der Waals surface area contributed by atoms with Gasteiger partial charge in [-0.05, 0) is 6.08 Å².